The first-order chi connectivity index (χ1) is 9.95. The second-order valence-electron chi connectivity index (χ2n) is 4.83. The minimum atomic E-state index is -0.0761. The zero-order valence-electron chi connectivity index (χ0n) is 11.4. The topological polar surface area (TPSA) is 29.1 Å². The Labute approximate surface area is 149 Å². The van der Waals surface area contributed by atoms with E-state index in [-0.39, 0.29) is 11.9 Å². The van der Waals surface area contributed by atoms with Crippen molar-refractivity contribution in [2.75, 3.05) is 0 Å². The first-order valence-corrected chi connectivity index (χ1v) is 8.84. The highest BCUT2D eigenvalue weighted by atomic mass is 79.9. The molecule has 0 spiro atoms. The lowest BCUT2D eigenvalue weighted by atomic mass is 10.1. The highest BCUT2D eigenvalue weighted by molar-refractivity contribution is 9.11. The Bertz CT molecular complexity index is 640. The van der Waals surface area contributed by atoms with Gasteiger partial charge in [-0.3, -0.25) is 4.79 Å². The van der Waals surface area contributed by atoms with Crippen molar-refractivity contribution >= 4 is 53.7 Å². The Morgan fingerprint density at radius 2 is 1.67 bits per heavy atom. The molecule has 2 nitrogen and oxygen atoms in total. The van der Waals surface area contributed by atoms with Crippen molar-refractivity contribution in [2.45, 2.75) is 19.4 Å². The predicted octanol–water partition coefficient (Wildman–Crippen LogP) is 5.34. The maximum Gasteiger partial charge on any atom is 0.252 e. The van der Waals surface area contributed by atoms with Crippen LogP contribution in [-0.2, 0) is 6.42 Å². The fourth-order valence-corrected chi connectivity index (χ4v) is 3.05. The monoisotopic (exact) mass is 473 g/mol. The summed E-state index contributed by atoms with van der Waals surface area (Å²) >= 11 is 10.2. The van der Waals surface area contributed by atoms with Crippen LogP contribution in [0.2, 0.25) is 0 Å². The Morgan fingerprint density at radius 1 is 1.05 bits per heavy atom. The average Bonchev–Trinajstić information content (AvgIpc) is 2.44. The molecule has 21 heavy (non-hydrogen) atoms. The lowest BCUT2D eigenvalue weighted by Gasteiger charge is -2.15. The molecule has 1 atom stereocenters. The van der Waals surface area contributed by atoms with E-state index in [1.807, 2.05) is 37.3 Å². The molecule has 110 valence electrons. The average molecular weight is 476 g/mol. The summed E-state index contributed by atoms with van der Waals surface area (Å²) in [5, 5.41) is 3.03. The number of carbonyl (C=O) groups is 1. The third-order valence-electron chi connectivity index (χ3n) is 3.01. The molecule has 0 bridgehead atoms. The zero-order valence-corrected chi connectivity index (χ0v) is 16.1. The normalized spacial score (nSPS) is 12.0. The molecule has 1 unspecified atom stereocenters. The van der Waals surface area contributed by atoms with Gasteiger partial charge in [0.15, 0.2) is 0 Å². The van der Waals surface area contributed by atoms with Crippen LogP contribution in [0.5, 0.6) is 0 Å². The Kier molecular flexibility index (Phi) is 6.02. The first-order valence-electron chi connectivity index (χ1n) is 6.46. The smallest absolute Gasteiger partial charge is 0.252 e. The Hall–Kier alpha value is -0.650. The fourth-order valence-electron chi connectivity index (χ4n) is 2.00. The van der Waals surface area contributed by atoms with E-state index in [0.717, 1.165) is 19.8 Å². The van der Waals surface area contributed by atoms with Crippen LogP contribution in [0.25, 0.3) is 0 Å². The Morgan fingerprint density at radius 3 is 2.33 bits per heavy atom. The van der Waals surface area contributed by atoms with Crippen LogP contribution in [0.1, 0.15) is 22.8 Å². The lowest BCUT2D eigenvalue weighted by Crippen LogP contribution is -2.34. The lowest BCUT2D eigenvalue weighted by molar-refractivity contribution is 0.0939. The number of nitrogens with one attached hydrogen (secondary N) is 1. The standard InChI is InChI=1S/C16H14Br3NO/c1-10(8-11-2-4-12(17)5-3-11)20-16(21)14-9-13(18)6-7-15(14)19/h2-7,9-10H,8H2,1H3,(H,20,21). The molecule has 2 aromatic carbocycles. The summed E-state index contributed by atoms with van der Waals surface area (Å²) < 4.78 is 2.73. The van der Waals surface area contributed by atoms with Crippen molar-refractivity contribution in [1.29, 1.82) is 0 Å². The van der Waals surface area contributed by atoms with Gasteiger partial charge in [-0.25, -0.2) is 0 Å². The first kappa shape index (κ1) is 16.7. The molecule has 0 radical (unpaired) electrons. The third kappa shape index (κ3) is 4.94. The second kappa shape index (κ2) is 7.56. The molecule has 0 fully saturated rings. The predicted molar refractivity (Wildman–Crippen MR) is 96.6 cm³/mol. The number of benzene rings is 2. The summed E-state index contributed by atoms with van der Waals surface area (Å²) in [5.41, 5.74) is 1.83. The van der Waals surface area contributed by atoms with E-state index >= 15 is 0 Å². The van der Waals surface area contributed by atoms with Gasteiger partial charge in [-0.05, 0) is 65.2 Å². The van der Waals surface area contributed by atoms with Crippen LogP contribution >= 0.6 is 47.8 Å². The molecule has 2 aromatic rings. The molecule has 1 amide bonds. The Balaban J connectivity index is 2.01. The quantitative estimate of drug-likeness (QED) is 0.635. The van der Waals surface area contributed by atoms with Crippen LogP contribution < -0.4 is 5.32 Å². The number of halogens is 3. The number of hydrogen-bond donors (Lipinski definition) is 1. The number of amides is 1. The van der Waals surface area contributed by atoms with Crippen molar-refractivity contribution in [3.8, 4) is 0 Å². The van der Waals surface area contributed by atoms with Gasteiger partial charge in [-0.1, -0.05) is 44.0 Å². The van der Waals surface area contributed by atoms with Crippen molar-refractivity contribution in [1.82, 2.24) is 5.32 Å². The van der Waals surface area contributed by atoms with E-state index in [9.17, 15) is 4.79 Å². The zero-order chi connectivity index (χ0) is 15.4. The molecule has 0 heterocycles. The molecular weight excluding hydrogens is 462 g/mol. The molecule has 0 saturated heterocycles. The highest BCUT2D eigenvalue weighted by Gasteiger charge is 2.13. The van der Waals surface area contributed by atoms with E-state index < -0.39 is 0 Å². The minimum absolute atomic E-state index is 0.0598. The minimum Gasteiger partial charge on any atom is -0.349 e. The van der Waals surface area contributed by atoms with E-state index in [4.69, 9.17) is 0 Å². The SMILES string of the molecule is CC(Cc1ccc(Br)cc1)NC(=O)c1cc(Br)ccc1Br. The van der Waals surface area contributed by atoms with Crippen LogP contribution in [-0.4, -0.2) is 11.9 Å². The van der Waals surface area contributed by atoms with Crippen molar-refractivity contribution in [2.24, 2.45) is 0 Å². The van der Waals surface area contributed by atoms with Crippen molar-refractivity contribution in [3.05, 3.63) is 67.0 Å². The molecular formula is C16H14Br3NO. The maximum absolute atomic E-state index is 12.3. The van der Waals surface area contributed by atoms with Gasteiger partial charge in [-0.15, -0.1) is 0 Å². The van der Waals surface area contributed by atoms with Crippen LogP contribution in [0.15, 0.2) is 55.9 Å². The van der Waals surface area contributed by atoms with Crippen molar-refractivity contribution < 1.29 is 4.79 Å². The van der Waals surface area contributed by atoms with Gasteiger partial charge in [-0.2, -0.15) is 0 Å². The van der Waals surface area contributed by atoms with E-state index in [1.54, 1.807) is 0 Å². The van der Waals surface area contributed by atoms with E-state index in [1.165, 1.54) is 5.56 Å². The summed E-state index contributed by atoms with van der Waals surface area (Å²) in [4.78, 5) is 12.3. The summed E-state index contributed by atoms with van der Waals surface area (Å²) in [6.07, 6.45) is 0.796. The number of carbonyl (C=O) groups excluding carboxylic acids is 1. The summed E-state index contributed by atoms with van der Waals surface area (Å²) in [7, 11) is 0. The van der Waals surface area contributed by atoms with Gasteiger partial charge in [0.1, 0.15) is 0 Å². The molecule has 5 heteroatoms. The summed E-state index contributed by atoms with van der Waals surface area (Å²) in [6.45, 7) is 2.01. The van der Waals surface area contributed by atoms with Crippen LogP contribution in [0.3, 0.4) is 0 Å². The fraction of sp³-hybridized carbons (Fsp3) is 0.188. The van der Waals surface area contributed by atoms with Gasteiger partial charge < -0.3 is 5.32 Å². The van der Waals surface area contributed by atoms with Crippen LogP contribution in [0.4, 0.5) is 0 Å². The molecule has 1 N–H and O–H groups in total. The van der Waals surface area contributed by atoms with E-state index in [2.05, 4.69) is 65.2 Å². The van der Waals surface area contributed by atoms with Gasteiger partial charge in [0.05, 0.1) is 5.56 Å². The molecule has 0 aliphatic carbocycles. The van der Waals surface area contributed by atoms with Gasteiger partial charge in [0.25, 0.3) is 5.91 Å². The third-order valence-corrected chi connectivity index (χ3v) is 4.72. The van der Waals surface area contributed by atoms with Gasteiger partial charge in [0.2, 0.25) is 0 Å². The summed E-state index contributed by atoms with van der Waals surface area (Å²) in [5.74, 6) is -0.0761. The largest absolute Gasteiger partial charge is 0.349 e. The summed E-state index contributed by atoms with van der Waals surface area (Å²) in [6, 6.07) is 13.8. The molecule has 0 aliphatic rings. The number of hydrogen-bond acceptors (Lipinski definition) is 1. The molecule has 0 aromatic heterocycles. The second-order valence-corrected chi connectivity index (χ2v) is 7.51. The maximum atomic E-state index is 12.3. The number of rotatable bonds is 4. The molecule has 2 rings (SSSR count). The van der Waals surface area contributed by atoms with Crippen molar-refractivity contribution in [3.63, 3.8) is 0 Å². The van der Waals surface area contributed by atoms with Gasteiger partial charge in [0, 0.05) is 19.5 Å². The van der Waals surface area contributed by atoms with E-state index in [0.29, 0.717) is 5.56 Å². The highest BCUT2D eigenvalue weighted by Crippen LogP contribution is 2.21. The molecule has 0 saturated carbocycles. The van der Waals surface area contributed by atoms with Crippen LogP contribution in [0, 0.1) is 0 Å². The van der Waals surface area contributed by atoms with Gasteiger partial charge >= 0.3 is 0 Å². The molecule has 0 aliphatic heterocycles.